The number of rotatable bonds is 2. The number of cyclic esters (lactones) is 2. The van der Waals surface area contributed by atoms with Gasteiger partial charge >= 0.3 is 6.16 Å². The Labute approximate surface area is 58.1 Å². The Hall–Kier alpha value is -1.06. The van der Waals surface area contributed by atoms with E-state index in [1.807, 2.05) is 0 Å². The Morgan fingerprint density at radius 2 is 2.50 bits per heavy atom. The van der Waals surface area contributed by atoms with Gasteiger partial charge in [0.1, 0.15) is 19.0 Å². The van der Waals surface area contributed by atoms with Crippen LogP contribution in [0.15, 0.2) is 0 Å². The molecule has 2 unspecified atom stereocenters. The Morgan fingerprint density at radius 3 is 2.90 bits per heavy atom. The van der Waals surface area contributed by atoms with Crippen molar-refractivity contribution in [2.75, 3.05) is 6.61 Å². The summed E-state index contributed by atoms with van der Waals surface area (Å²) in [6, 6.07) is 0. The maximum absolute atomic E-state index is 10.3. The Morgan fingerprint density at radius 1 is 1.80 bits per heavy atom. The van der Waals surface area contributed by atoms with Gasteiger partial charge in [-0.3, -0.25) is 0 Å². The molecule has 10 heavy (non-hydrogen) atoms. The number of carbonyl (C=O) groups excluding carboxylic acids is 2. The van der Waals surface area contributed by atoms with Crippen LogP contribution in [0.2, 0.25) is 0 Å². The summed E-state index contributed by atoms with van der Waals surface area (Å²) in [5.74, 6) is -0.272. The van der Waals surface area contributed by atoms with E-state index in [4.69, 9.17) is 0 Å². The van der Waals surface area contributed by atoms with Crippen molar-refractivity contribution in [3.05, 3.63) is 0 Å². The van der Waals surface area contributed by atoms with E-state index in [1.165, 1.54) is 0 Å². The van der Waals surface area contributed by atoms with E-state index in [0.717, 1.165) is 6.29 Å². The molecule has 0 radical (unpaired) electrons. The van der Waals surface area contributed by atoms with Gasteiger partial charge < -0.3 is 14.3 Å². The van der Waals surface area contributed by atoms with E-state index in [2.05, 4.69) is 9.47 Å². The fourth-order valence-electron chi connectivity index (χ4n) is 0.689. The van der Waals surface area contributed by atoms with Crippen LogP contribution in [0.5, 0.6) is 0 Å². The minimum absolute atomic E-state index is 0.193. The van der Waals surface area contributed by atoms with Gasteiger partial charge in [-0.2, -0.15) is 0 Å². The van der Waals surface area contributed by atoms with Gasteiger partial charge in [0.05, 0.1) is 5.92 Å². The quantitative estimate of drug-likeness (QED) is 0.414. The molecular weight excluding hydrogens is 136 g/mol. The fourth-order valence-corrected chi connectivity index (χ4v) is 0.689. The standard InChI is InChI=1S/C6H8O4/c1-4(2-7)5-3-9-6(8)10-5/h2,4-5H,3H2,1H3. The minimum Gasteiger partial charge on any atom is -0.430 e. The molecule has 1 saturated heterocycles. The predicted octanol–water partition coefficient (Wildman–Crippen LogP) is 0.357. The molecule has 1 aliphatic heterocycles. The highest BCUT2D eigenvalue weighted by atomic mass is 16.8. The Bertz CT molecular complexity index is 154. The average Bonchev–Trinajstić information content (AvgIpc) is 2.34. The molecule has 1 fully saturated rings. The lowest BCUT2D eigenvalue weighted by atomic mass is 10.1. The third-order valence-electron chi connectivity index (χ3n) is 1.41. The highest BCUT2D eigenvalue weighted by molar-refractivity contribution is 5.63. The largest absolute Gasteiger partial charge is 0.508 e. The fraction of sp³-hybridized carbons (Fsp3) is 0.667. The molecule has 0 spiro atoms. The monoisotopic (exact) mass is 144 g/mol. The second-order valence-corrected chi connectivity index (χ2v) is 2.21. The summed E-state index contributed by atoms with van der Waals surface area (Å²) < 4.78 is 9.09. The molecule has 4 nitrogen and oxygen atoms in total. The van der Waals surface area contributed by atoms with Gasteiger partial charge in [-0.25, -0.2) is 4.79 Å². The van der Waals surface area contributed by atoms with Crippen LogP contribution in [0.3, 0.4) is 0 Å². The summed E-state index contributed by atoms with van der Waals surface area (Å²) in [7, 11) is 0. The molecule has 0 amide bonds. The van der Waals surface area contributed by atoms with E-state index < -0.39 is 6.16 Å². The summed E-state index contributed by atoms with van der Waals surface area (Å²) in [6.45, 7) is 1.87. The highest BCUT2D eigenvalue weighted by Gasteiger charge is 2.29. The van der Waals surface area contributed by atoms with Crippen molar-refractivity contribution in [2.24, 2.45) is 5.92 Å². The topological polar surface area (TPSA) is 52.6 Å². The first-order valence-corrected chi connectivity index (χ1v) is 3.02. The maximum atomic E-state index is 10.3. The summed E-state index contributed by atoms with van der Waals surface area (Å²) in [5, 5.41) is 0. The average molecular weight is 144 g/mol. The summed E-state index contributed by atoms with van der Waals surface area (Å²) >= 11 is 0. The van der Waals surface area contributed by atoms with E-state index >= 15 is 0 Å². The maximum Gasteiger partial charge on any atom is 0.508 e. The first kappa shape index (κ1) is 7.05. The minimum atomic E-state index is -0.682. The molecule has 0 bridgehead atoms. The summed E-state index contributed by atoms with van der Waals surface area (Å²) in [6.07, 6.45) is -0.323. The van der Waals surface area contributed by atoms with E-state index in [1.54, 1.807) is 6.92 Å². The number of hydrogen-bond acceptors (Lipinski definition) is 4. The molecule has 0 N–H and O–H groups in total. The summed E-state index contributed by atoms with van der Waals surface area (Å²) in [5.41, 5.74) is 0. The zero-order valence-corrected chi connectivity index (χ0v) is 5.57. The number of hydrogen-bond donors (Lipinski definition) is 0. The van der Waals surface area contributed by atoms with Crippen molar-refractivity contribution in [3.63, 3.8) is 0 Å². The molecule has 0 aromatic carbocycles. The van der Waals surface area contributed by atoms with E-state index in [9.17, 15) is 9.59 Å². The molecule has 2 atom stereocenters. The second-order valence-electron chi connectivity index (χ2n) is 2.21. The zero-order valence-electron chi connectivity index (χ0n) is 5.57. The number of carbonyl (C=O) groups is 2. The van der Waals surface area contributed by atoms with Crippen LogP contribution in [0.25, 0.3) is 0 Å². The predicted molar refractivity (Wildman–Crippen MR) is 31.4 cm³/mol. The normalized spacial score (nSPS) is 26.9. The van der Waals surface area contributed by atoms with Crippen LogP contribution in [-0.4, -0.2) is 25.2 Å². The van der Waals surface area contributed by atoms with Gasteiger partial charge in [0, 0.05) is 0 Å². The van der Waals surface area contributed by atoms with Crippen LogP contribution in [0, 0.1) is 5.92 Å². The molecule has 0 aromatic rings. The first-order chi connectivity index (χ1) is 4.74. The molecule has 0 aromatic heterocycles. The van der Waals surface area contributed by atoms with E-state index in [-0.39, 0.29) is 18.6 Å². The SMILES string of the molecule is CC(C=O)C1COC(=O)O1. The van der Waals surface area contributed by atoms with Crippen LogP contribution in [-0.2, 0) is 14.3 Å². The molecular formula is C6H8O4. The molecule has 0 aliphatic carbocycles. The lowest BCUT2D eigenvalue weighted by molar-refractivity contribution is -0.112. The molecule has 0 saturated carbocycles. The van der Waals surface area contributed by atoms with Crippen molar-refractivity contribution >= 4 is 12.4 Å². The third-order valence-corrected chi connectivity index (χ3v) is 1.41. The lowest BCUT2D eigenvalue weighted by Gasteiger charge is -2.06. The van der Waals surface area contributed by atoms with Gasteiger partial charge in [0.15, 0.2) is 0 Å². The molecule has 56 valence electrons. The number of aldehydes is 1. The van der Waals surface area contributed by atoms with Gasteiger partial charge in [-0.1, -0.05) is 6.92 Å². The molecule has 1 aliphatic rings. The molecule has 1 rings (SSSR count). The summed E-state index contributed by atoms with van der Waals surface area (Å²) in [4.78, 5) is 20.5. The van der Waals surface area contributed by atoms with Crippen LogP contribution < -0.4 is 0 Å². The van der Waals surface area contributed by atoms with Crippen molar-refractivity contribution in [1.82, 2.24) is 0 Å². The van der Waals surface area contributed by atoms with Crippen LogP contribution in [0.4, 0.5) is 4.79 Å². The lowest BCUT2D eigenvalue weighted by Crippen LogP contribution is -2.21. The smallest absolute Gasteiger partial charge is 0.430 e. The van der Waals surface area contributed by atoms with Crippen LogP contribution in [0.1, 0.15) is 6.92 Å². The van der Waals surface area contributed by atoms with Crippen molar-refractivity contribution in [2.45, 2.75) is 13.0 Å². The highest BCUT2D eigenvalue weighted by Crippen LogP contribution is 2.12. The van der Waals surface area contributed by atoms with Crippen molar-refractivity contribution in [1.29, 1.82) is 0 Å². The second kappa shape index (κ2) is 2.68. The zero-order chi connectivity index (χ0) is 7.56. The van der Waals surface area contributed by atoms with Gasteiger partial charge in [-0.05, 0) is 0 Å². The number of ether oxygens (including phenoxy) is 2. The third kappa shape index (κ3) is 1.26. The van der Waals surface area contributed by atoms with E-state index in [0.29, 0.717) is 0 Å². The van der Waals surface area contributed by atoms with Gasteiger partial charge in [0.25, 0.3) is 0 Å². The van der Waals surface area contributed by atoms with Crippen molar-refractivity contribution in [3.8, 4) is 0 Å². The van der Waals surface area contributed by atoms with Gasteiger partial charge in [-0.15, -0.1) is 0 Å². The van der Waals surface area contributed by atoms with Crippen LogP contribution >= 0.6 is 0 Å². The molecule has 1 heterocycles. The Kier molecular flexibility index (Phi) is 1.89. The van der Waals surface area contributed by atoms with Gasteiger partial charge in [0.2, 0.25) is 0 Å². The molecule has 4 heteroatoms. The first-order valence-electron chi connectivity index (χ1n) is 3.02. The van der Waals surface area contributed by atoms with Crippen molar-refractivity contribution < 1.29 is 19.1 Å². The Balaban J connectivity index is 2.43.